The van der Waals surface area contributed by atoms with E-state index < -0.39 is 0 Å². The molecule has 0 spiro atoms. The highest BCUT2D eigenvalue weighted by atomic mass is 16.3. The lowest BCUT2D eigenvalue weighted by Crippen LogP contribution is -2.49. The zero-order valence-electron chi connectivity index (χ0n) is 9.66. The third kappa shape index (κ3) is 2.94. The number of likely N-dealkylation sites (tertiary alicyclic amines) is 1. The molecule has 1 heterocycles. The second-order valence-electron chi connectivity index (χ2n) is 5.34. The van der Waals surface area contributed by atoms with Gasteiger partial charge in [0, 0.05) is 11.6 Å². The summed E-state index contributed by atoms with van der Waals surface area (Å²) in [4.78, 5) is 2.49. The monoisotopic (exact) mass is 200 g/mol. The third-order valence-corrected chi connectivity index (χ3v) is 3.30. The molecule has 0 saturated carbocycles. The highest BCUT2D eigenvalue weighted by molar-refractivity contribution is 4.85. The van der Waals surface area contributed by atoms with Gasteiger partial charge in [0.15, 0.2) is 0 Å². The molecule has 1 aliphatic rings. The van der Waals surface area contributed by atoms with Gasteiger partial charge in [-0.3, -0.25) is 4.90 Å². The van der Waals surface area contributed by atoms with Gasteiger partial charge < -0.3 is 10.8 Å². The number of nitrogens with zero attached hydrogens (tertiary/aromatic N) is 1. The van der Waals surface area contributed by atoms with Crippen molar-refractivity contribution in [2.24, 2.45) is 11.7 Å². The summed E-state index contributed by atoms with van der Waals surface area (Å²) in [5, 5.41) is 8.97. The predicted molar refractivity (Wildman–Crippen MR) is 59.1 cm³/mol. The Bertz CT molecular complexity index is 169. The Hall–Kier alpha value is -0.120. The van der Waals surface area contributed by atoms with Crippen molar-refractivity contribution in [3.05, 3.63) is 0 Å². The number of hydrogen-bond donors (Lipinski definition) is 2. The minimum absolute atomic E-state index is 0.0166. The van der Waals surface area contributed by atoms with Gasteiger partial charge in [-0.25, -0.2) is 0 Å². The van der Waals surface area contributed by atoms with Gasteiger partial charge in [0.05, 0.1) is 6.61 Å². The Morgan fingerprint density at radius 2 is 1.86 bits per heavy atom. The van der Waals surface area contributed by atoms with E-state index in [0.29, 0.717) is 5.92 Å². The first-order valence-electron chi connectivity index (χ1n) is 5.56. The Kier molecular flexibility index (Phi) is 3.93. The van der Waals surface area contributed by atoms with Gasteiger partial charge in [0.1, 0.15) is 0 Å². The number of aliphatic hydroxyl groups excluding tert-OH is 1. The molecule has 1 unspecified atom stereocenters. The summed E-state index contributed by atoms with van der Waals surface area (Å²) in [5.74, 6) is 0.513. The van der Waals surface area contributed by atoms with Crippen LogP contribution in [0.25, 0.3) is 0 Å². The molecule has 1 fully saturated rings. The van der Waals surface area contributed by atoms with Gasteiger partial charge in [-0.2, -0.15) is 0 Å². The van der Waals surface area contributed by atoms with E-state index in [1.165, 1.54) is 0 Å². The van der Waals surface area contributed by atoms with Crippen LogP contribution in [0.5, 0.6) is 0 Å². The van der Waals surface area contributed by atoms with Crippen LogP contribution >= 0.6 is 0 Å². The van der Waals surface area contributed by atoms with E-state index in [-0.39, 0.29) is 18.2 Å². The summed E-state index contributed by atoms with van der Waals surface area (Å²) >= 11 is 0. The van der Waals surface area contributed by atoms with Gasteiger partial charge in [-0.05, 0) is 52.6 Å². The summed E-state index contributed by atoms with van der Waals surface area (Å²) in [6.45, 7) is 9.10. The van der Waals surface area contributed by atoms with Crippen LogP contribution in [-0.4, -0.2) is 41.3 Å². The second kappa shape index (κ2) is 4.60. The van der Waals surface area contributed by atoms with Crippen LogP contribution in [0.4, 0.5) is 0 Å². The molecule has 1 aliphatic heterocycles. The lowest BCUT2D eigenvalue weighted by Gasteiger charge is -2.41. The van der Waals surface area contributed by atoms with E-state index in [9.17, 15) is 0 Å². The van der Waals surface area contributed by atoms with Gasteiger partial charge in [-0.1, -0.05) is 0 Å². The smallest absolute Gasteiger partial charge is 0.0585 e. The number of piperidine rings is 1. The molecule has 0 bridgehead atoms. The van der Waals surface area contributed by atoms with Crippen molar-refractivity contribution in [2.75, 3.05) is 19.7 Å². The maximum absolute atomic E-state index is 8.97. The van der Waals surface area contributed by atoms with Gasteiger partial charge in [0.25, 0.3) is 0 Å². The number of rotatable bonds is 2. The fraction of sp³-hybridized carbons (Fsp3) is 1.00. The molecule has 1 atom stereocenters. The van der Waals surface area contributed by atoms with E-state index in [1.807, 2.05) is 0 Å². The highest BCUT2D eigenvalue weighted by Gasteiger charge is 2.29. The summed E-state index contributed by atoms with van der Waals surface area (Å²) < 4.78 is 0. The largest absolute Gasteiger partial charge is 0.395 e. The van der Waals surface area contributed by atoms with E-state index in [0.717, 1.165) is 25.9 Å². The van der Waals surface area contributed by atoms with Crippen LogP contribution in [0.15, 0.2) is 0 Å². The van der Waals surface area contributed by atoms with Crippen LogP contribution in [0.1, 0.15) is 33.6 Å². The van der Waals surface area contributed by atoms with Gasteiger partial charge in [0.2, 0.25) is 0 Å². The molecule has 3 heteroatoms. The van der Waals surface area contributed by atoms with Crippen molar-refractivity contribution < 1.29 is 5.11 Å². The normalized spacial score (nSPS) is 23.8. The summed E-state index contributed by atoms with van der Waals surface area (Å²) in [6, 6.07) is -0.0166. The first-order chi connectivity index (χ1) is 6.45. The first kappa shape index (κ1) is 12.0. The lowest BCUT2D eigenvalue weighted by atomic mass is 9.88. The van der Waals surface area contributed by atoms with Crippen molar-refractivity contribution >= 4 is 0 Å². The Balaban J connectivity index is 2.39. The number of hydrogen-bond acceptors (Lipinski definition) is 3. The average molecular weight is 200 g/mol. The molecule has 0 aliphatic carbocycles. The Morgan fingerprint density at radius 3 is 2.21 bits per heavy atom. The quantitative estimate of drug-likeness (QED) is 0.694. The van der Waals surface area contributed by atoms with Crippen molar-refractivity contribution in [3.8, 4) is 0 Å². The topological polar surface area (TPSA) is 49.5 Å². The number of nitrogens with two attached hydrogens (primary N) is 1. The Labute approximate surface area is 87.3 Å². The minimum atomic E-state index is -0.0166. The standard InChI is InChI=1S/C11H24N2O/c1-11(2,3)13-6-4-9(5-7-13)10(12)8-14/h9-10,14H,4-8,12H2,1-3H3. The van der Waals surface area contributed by atoms with E-state index in [1.54, 1.807) is 0 Å². The van der Waals surface area contributed by atoms with Gasteiger partial charge in [-0.15, -0.1) is 0 Å². The predicted octanol–water partition coefficient (Wildman–Crippen LogP) is 0.817. The third-order valence-electron chi connectivity index (χ3n) is 3.30. The van der Waals surface area contributed by atoms with E-state index in [2.05, 4.69) is 25.7 Å². The van der Waals surface area contributed by atoms with Crippen molar-refractivity contribution in [3.63, 3.8) is 0 Å². The molecular formula is C11H24N2O. The van der Waals surface area contributed by atoms with Crippen LogP contribution in [-0.2, 0) is 0 Å². The Morgan fingerprint density at radius 1 is 1.36 bits per heavy atom. The van der Waals surface area contributed by atoms with Crippen molar-refractivity contribution in [2.45, 2.75) is 45.2 Å². The van der Waals surface area contributed by atoms with Crippen LogP contribution in [0.3, 0.4) is 0 Å². The molecule has 1 saturated heterocycles. The molecule has 1 rings (SSSR count). The molecule has 0 aromatic carbocycles. The van der Waals surface area contributed by atoms with Crippen molar-refractivity contribution in [1.82, 2.24) is 4.90 Å². The molecular weight excluding hydrogens is 176 g/mol. The number of aliphatic hydroxyl groups is 1. The zero-order valence-corrected chi connectivity index (χ0v) is 9.66. The average Bonchev–Trinajstić information content (AvgIpc) is 2.15. The fourth-order valence-electron chi connectivity index (χ4n) is 2.15. The van der Waals surface area contributed by atoms with Crippen LogP contribution in [0, 0.1) is 5.92 Å². The maximum Gasteiger partial charge on any atom is 0.0585 e. The summed E-state index contributed by atoms with van der Waals surface area (Å²) in [7, 11) is 0. The molecule has 0 aromatic heterocycles. The molecule has 14 heavy (non-hydrogen) atoms. The maximum atomic E-state index is 8.97. The van der Waals surface area contributed by atoms with Crippen LogP contribution < -0.4 is 5.73 Å². The molecule has 0 aromatic rings. The van der Waals surface area contributed by atoms with Gasteiger partial charge >= 0.3 is 0 Å². The molecule has 3 N–H and O–H groups in total. The second-order valence-corrected chi connectivity index (χ2v) is 5.34. The SMILES string of the molecule is CC(C)(C)N1CCC(C(N)CO)CC1. The molecule has 3 nitrogen and oxygen atoms in total. The molecule has 0 radical (unpaired) electrons. The summed E-state index contributed by atoms with van der Waals surface area (Å²) in [6.07, 6.45) is 2.25. The van der Waals surface area contributed by atoms with E-state index >= 15 is 0 Å². The van der Waals surface area contributed by atoms with Crippen molar-refractivity contribution in [1.29, 1.82) is 0 Å². The molecule has 84 valence electrons. The highest BCUT2D eigenvalue weighted by Crippen LogP contribution is 2.24. The fourth-order valence-corrected chi connectivity index (χ4v) is 2.15. The zero-order chi connectivity index (χ0) is 10.8. The molecule has 0 amide bonds. The lowest BCUT2D eigenvalue weighted by molar-refractivity contribution is 0.0727. The minimum Gasteiger partial charge on any atom is -0.395 e. The van der Waals surface area contributed by atoms with Crippen LogP contribution in [0.2, 0.25) is 0 Å². The summed E-state index contributed by atoms with van der Waals surface area (Å²) in [5.41, 5.74) is 6.11. The van der Waals surface area contributed by atoms with E-state index in [4.69, 9.17) is 10.8 Å². The first-order valence-corrected chi connectivity index (χ1v) is 5.56.